The second-order valence-electron chi connectivity index (χ2n) is 5.15. The lowest BCUT2D eigenvalue weighted by atomic mass is 10.0. The standard InChI is InChI=1S/C14H23N3O/c1-10(2)7-11(3)17(4)14(18)13-6-5-12(8-15)9-16-13/h5-6,9-11H,7-8,15H2,1-4H3. The number of hydrogen-bond donors (Lipinski definition) is 1. The Bertz CT molecular complexity index is 387. The third-order valence-corrected chi connectivity index (χ3v) is 3.07. The van der Waals surface area contributed by atoms with Gasteiger partial charge >= 0.3 is 0 Å². The molecule has 0 saturated heterocycles. The molecule has 100 valence electrons. The van der Waals surface area contributed by atoms with E-state index in [1.54, 1.807) is 17.2 Å². The van der Waals surface area contributed by atoms with E-state index in [2.05, 4.69) is 25.8 Å². The number of aromatic nitrogens is 1. The summed E-state index contributed by atoms with van der Waals surface area (Å²) in [5, 5.41) is 0. The van der Waals surface area contributed by atoms with E-state index in [1.807, 2.05) is 13.1 Å². The molecule has 1 heterocycles. The fourth-order valence-electron chi connectivity index (χ4n) is 1.89. The SMILES string of the molecule is CC(C)CC(C)N(C)C(=O)c1ccc(CN)cn1. The van der Waals surface area contributed by atoms with Crippen LogP contribution >= 0.6 is 0 Å². The fourth-order valence-corrected chi connectivity index (χ4v) is 1.89. The van der Waals surface area contributed by atoms with Gasteiger partial charge < -0.3 is 10.6 Å². The van der Waals surface area contributed by atoms with Crippen LogP contribution in [0.2, 0.25) is 0 Å². The molecule has 0 fully saturated rings. The quantitative estimate of drug-likeness (QED) is 0.868. The monoisotopic (exact) mass is 249 g/mol. The highest BCUT2D eigenvalue weighted by Crippen LogP contribution is 2.12. The van der Waals surface area contributed by atoms with E-state index in [1.165, 1.54) is 0 Å². The first kappa shape index (κ1) is 14.6. The molecule has 1 aromatic rings. The summed E-state index contributed by atoms with van der Waals surface area (Å²) in [6.07, 6.45) is 2.65. The predicted octanol–water partition coefficient (Wildman–Crippen LogP) is 2.05. The molecule has 4 heteroatoms. The summed E-state index contributed by atoms with van der Waals surface area (Å²) in [6, 6.07) is 3.80. The van der Waals surface area contributed by atoms with Gasteiger partial charge in [0, 0.05) is 25.8 Å². The summed E-state index contributed by atoms with van der Waals surface area (Å²) < 4.78 is 0. The average molecular weight is 249 g/mol. The minimum Gasteiger partial charge on any atom is -0.338 e. The molecule has 0 aliphatic carbocycles. The zero-order valence-corrected chi connectivity index (χ0v) is 11.7. The molecule has 4 nitrogen and oxygen atoms in total. The van der Waals surface area contributed by atoms with E-state index in [0.29, 0.717) is 18.2 Å². The number of carbonyl (C=O) groups excluding carboxylic acids is 1. The van der Waals surface area contributed by atoms with Gasteiger partial charge in [-0.25, -0.2) is 0 Å². The third-order valence-electron chi connectivity index (χ3n) is 3.07. The molecule has 0 aliphatic heterocycles. The van der Waals surface area contributed by atoms with Crippen molar-refractivity contribution in [3.05, 3.63) is 29.6 Å². The van der Waals surface area contributed by atoms with Crippen LogP contribution in [0, 0.1) is 5.92 Å². The number of rotatable bonds is 5. The highest BCUT2D eigenvalue weighted by atomic mass is 16.2. The molecule has 1 amide bonds. The Labute approximate surface area is 109 Å². The summed E-state index contributed by atoms with van der Waals surface area (Å²) in [5.41, 5.74) is 6.92. The zero-order valence-electron chi connectivity index (χ0n) is 11.7. The highest BCUT2D eigenvalue weighted by molar-refractivity contribution is 5.92. The Balaban J connectivity index is 2.73. The number of amides is 1. The lowest BCUT2D eigenvalue weighted by Crippen LogP contribution is -2.36. The van der Waals surface area contributed by atoms with E-state index in [4.69, 9.17) is 5.73 Å². The number of nitrogens with zero attached hydrogens (tertiary/aromatic N) is 2. The van der Waals surface area contributed by atoms with E-state index >= 15 is 0 Å². The lowest BCUT2D eigenvalue weighted by molar-refractivity contribution is 0.0722. The van der Waals surface area contributed by atoms with Crippen LogP contribution in [0.4, 0.5) is 0 Å². The molecule has 1 rings (SSSR count). The first-order valence-corrected chi connectivity index (χ1v) is 6.37. The minimum atomic E-state index is -0.0354. The van der Waals surface area contributed by atoms with E-state index in [9.17, 15) is 4.79 Å². The maximum atomic E-state index is 12.2. The molecule has 0 aromatic carbocycles. The number of nitrogens with two attached hydrogens (primary N) is 1. The summed E-state index contributed by atoms with van der Waals surface area (Å²) >= 11 is 0. The molecule has 1 aromatic heterocycles. The van der Waals surface area contributed by atoms with Gasteiger partial charge in [-0.05, 0) is 30.9 Å². The largest absolute Gasteiger partial charge is 0.338 e. The van der Waals surface area contributed by atoms with Crippen molar-refractivity contribution in [1.82, 2.24) is 9.88 Å². The van der Waals surface area contributed by atoms with Crippen LogP contribution < -0.4 is 5.73 Å². The van der Waals surface area contributed by atoms with Crippen molar-refractivity contribution in [2.24, 2.45) is 11.7 Å². The van der Waals surface area contributed by atoms with Crippen molar-refractivity contribution in [2.75, 3.05) is 7.05 Å². The fraction of sp³-hybridized carbons (Fsp3) is 0.571. The highest BCUT2D eigenvalue weighted by Gasteiger charge is 2.19. The van der Waals surface area contributed by atoms with Crippen LogP contribution in [-0.4, -0.2) is 28.9 Å². The van der Waals surface area contributed by atoms with Gasteiger partial charge in [-0.2, -0.15) is 0 Å². The van der Waals surface area contributed by atoms with Gasteiger partial charge in [0.2, 0.25) is 0 Å². The molecule has 0 bridgehead atoms. The molecule has 0 radical (unpaired) electrons. The average Bonchev–Trinajstić information content (AvgIpc) is 2.36. The minimum absolute atomic E-state index is 0.0354. The van der Waals surface area contributed by atoms with Gasteiger partial charge in [0.15, 0.2) is 0 Å². The Kier molecular flexibility index (Phi) is 5.28. The molecular formula is C14H23N3O. The van der Waals surface area contributed by atoms with Crippen LogP contribution in [0.3, 0.4) is 0 Å². The Morgan fingerprint density at radius 3 is 2.50 bits per heavy atom. The molecule has 0 aliphatic rings. The molecule has 0 saturated carbocycles. The summed E-state index contributed by atoms with van der Waals surface area (Å²) in [5.74, 6) is 0.537. The lowest BCUT2D eigenvalue weighted by Gasteiger charge is -2.26. The van der Waals surface area contributed by atoms with Gasteiger partial charge in [0.1, 0.15) is 5.69 Å². The van der Waals surface area contributed by atoms with Gasteiger partial charge in [-0.3, -0.25) is 9.78 Å². The molecule has 1 atom stereocenters. The Morgan fingerprint density at radius 1 is 1.39 bits per heavy atom. The van der Waals surface area contributed by atoms with Gasteiger partial charge in [0.05, 0.1) is 0 Å². The first-order valence-electron chi connectivity index (χ1n) is 6.37. The van der Waals surface area contributed by atoms with Crippen molar-refractivity contribution in [3.8, 4) is 0 Å². The van der Waals surface area contributed by atoms with Crippen LogP contribution in [0.5, 0.6) is 0 Å². The normalized spacial score (nSPS) is 12.6. The van der Waals surface area contributed by atoms with Crippen LogP contribution in [0.15, 0.2) is 18.3 Å². The second-order valence-corrected chi connectivity index (χ2v) is 5.15. The van der Waals surface area contributed by atoms with Crippen molar-refractivity contribution >= 4 is 5.91 Å². The zero-order chi connectivity index (χ0) is 13.7. The van der Waals surface area contributed by atoms with Gasteiger partial charge in [-0.1, -0.05) is 19.9 Å². The van der Waals surface area contributed by atoms with Crippen molar-refractivity contribution < 1.29 is 4.79 Å². The maximum absolute atomic E-state index is 12.2. The van der Waals surface area contributed by atoms with E-state index in [0.717, 1.165) is 12.0 Å². The molecule has 0 spiro atoms. The molecule has 1 unspecified atom stereocenters. The smallest absolute Gasteiger partial charge is 0.272 e. The predicted molar refractivity (Wildman–Crippen MR) is 73.1 cm³/mol. The topological polar surface area (TPSA) is 59.2 Å². The molecular weight excluding hydrogens is 226 g/mol. The summed E-state index contributed by atoms with van der Waals surface area (Å²) in [7, 11) is 1.83. The second kappa shape index (κ2) is 6.50. The maximum Gasteiger partial charge on any atom is 0.272 e. The number of hydrogen-bond acceptors (Lipinski definition) is 3. The summed E-state index contributed by atoms with van der Waals surface area (Å²) in [6.45, 7) is 6.82. The van der Waals surface area contributed by atoms with Gasteiger partial charge in [0.25, 0.3) is 5.91 Å². The third kappa shape index (κ3) is 3.81. The molecule has 18 heavy (non-hydrogen) atoms. The number of carbonyl (C=O) groups is 1. The first-order chi connectivity index (χ1) is 8.45. The van der Waals surface area contributed by atoms with Crippen LogP contribution in [0.1, 0.15) is 43.2 Å². The van der Waals surface area contributed by atoms with Gasteiger partial charge in [-0.15, -0.1) is 0 Å². The van der Waals surface area contributed by atoms with Crippen molar-refractivity contribution in [1.29, 1.82) is 0 Å². The van der Waals surface area contributed by atoms with E-state index < -0.39 is 0 Å². The summed E-state index contributed by atoms with van der Waals surface area (Å²) in [4.78, 5) is 18.1. The van der Waals surface area contributed by atoms with Crippen LogP contribution in [0.25, 0.3) is 0 Å². The van der Waals surface area contributed by atoms with Crippen LogP contribution in [-0.2, 0) is 6.54 Å². The molecule has 2 N–H and O–H groups in total. The van der Waals surface area contributed by atoms with Crippen molar-refractivity contribution in [3.63, 3.8) is 0 Å². The Hall–Kier alpha value is -1.42. The number of pyridine rings is 1. The Morgan fingerprint density at radius 2 is 2.06 bits per heavy atom. The van der Waals surface area contributed by atoms with Crippen molar-refractivity contribution in [2.45, 2.75) is 39.8 Å². The van der Waals surface area contributed by atoms with E-state index in [-0.39, 0.29) is 11.9 Å².